The highest BCUT2D eigenvalue weighted by molar-refractivity contribution is 7.99. The summed E-state index contributed by atoms with van der Waals surface area (Å²) in [6, 6.07) is 13.2. The van der Waals surface area contributed by atoms with Gasteiger partial charge in [0.1, 0.15) is 5.82 Å². The van der Waals surface area contributed by atoms with Crippen molar-refractivity contribution in [3.05, 3.63) is 59.4 Å². The molecule has 1 aromatic heterocycles. The van der Waals surface area contributed by atoms with Gasteiger partial charge in [0.2, 0.25) is 5.91 Å². The van der Waals surface area contributed by atoms with Crippen LogP contribution in [-0.4, -0.2) is 51.9 Å². The lowest BCUT2D eigenvalue weighted by Gasteiger charge is -2.23. The van der Waals surface area contributed by atoms with Crippen LogP contribution >= 0.6 is 23.4 Å². The average Bonchev–Trinajstić information content (AvgIpc) is 3.27. The first-order valence-electron chi connectivity index (χ1n) is 9.77. The molecule has 1 aliphatic rings. The fourth-order valence-electron chi connectivity index (χ4n) is 3.64. The van der Waals surface area contributed by atoms with Crippen LogP contribution in [0.15, 0.2) is 53.7 Å². The summed E-state index contributed by atoms with van der Waals surface area (Å²) in [5, 5.41) is 11.9. The number of benzene rings is 2. The van der Waals surface area contributed by atoms with E-state index in [2.05, 4.69) is 15.5 Å². The van der Waals surface area contributed by atoms with Crippen LogP contribution in [0.25, 0.3) is 17.1 Å². The maximum atomic E-state index is 14.7. The fraction of sp³-hybridized carbons (Fsp3) is 0.286. The third-order valence-electron chi connectivity index (χ3n) is 5.12. The number of rotatable bonds is 6. The van der Waals surface area contributed by atoms with Crippen LogP contribution in [0.3, 0.4) is 0 Å². The second-order valence-electron chi connectivity index (χ2n) is 7.81. The maximum Gasteiger partial charge on any atom is 0.230 e. The molecule has 0 spiro atoms. The number of thioether (sulfide) groups is 1. The molecule has 4 rings (SSSR count). The van der Waals surface area contributed by atoms with Crippen LogP contribution in [-0.2, 0) is 14.6 Å². The van der Waals surface area contributed by atoms with Gasteiger partial charge >= 0.3 is 0 Å². The Balaban J connectivity index is 1.61. The second-order valence-corrected chi connectivity index (χ2v) is 11.3. The Morgan fingerprint density at radius 1 is 1.22 bits per heavy atom. The highest BCUT2D eigenvalue weighted by Gasteiger charge is 2.39. The maximum absolute atomic E-state index is 14.7. The molecule has 0 bridgehead atoms. The van der Waals surface area contributed by atoms with Gasteiger partial charge in [-0.2, -0.15) is 0 Å². The van der Waals surface area contributed by atoms with Crippen LogP contribution in [0.5, 0.6) is 0 Å². The summed E-state index contributed by atoms with van der Waals surface area (Å²) in [5.41, 5.74) is 0.00682. The molecule has 1 N–H and O–H groups in total. The first-order chi connectivity index (χ1) is 15.2. The number of hydrogen-bond donors (Lipinski definition) is 1. The Morgan fingerprint density at radius 3 is 2.62 bits per heavy atom. The van der Waals surface area contributed by atoms with E-state index in [0.29, 0.717) is 28.0 Å². The van der Waals surface area contributed by atoms with E-state index < -0.39 is 21.2 Å². The summed E-state index contributed by atoms with van der Waals surface area (Å²) in [4.78, 5) is 12.6. The molecule has 168 valence electrons. The van der Waals surface area contributed by atoms with Crippen molar-refractivity contribution in [3.8, 4) is 17.1 Å². The molecule has 1 saturated heterocycles. The van der Waals surface area contributed by atoms with E-state index in [4.69, 9.17) is 11.6 Å². The van der Waals surface area contributed by atoms with Crippen molar-refractivity contribution in [1.29, 1.82) is 0 Å². The van der Waals surface area contributed by atoms with Gasteiger partial charge in [0.25, 0.3) is 0 Å². The summed E-state index contributed by atoms with van der Waals surface area (Å²) >= 11 is 7.41. The van der Waals surface area contributed by atoms with Gasteiger partial charge in [0.15, 0.2) is 20.8 Å². The molecule has 3 aromatic rings. The SMILES string of the molecule is CC1(NC(=O)CSc2nnc(-c3ccccc3Cl)n2-c2ccccc2F)CCS(=O)(=O)C1. The topological polar surface area (TPSA) is 93.9 Å². The number of carbonyl (C=O) groups is 1. The standard InChI is InChI=1S/C21H20ClFN4O3S2/c1-21(10-11-32(29,30)13-21)24-18(28)12-31-20-26-25-19(14-6-2-3-7-15(14)22)27(20)17-9-5-4-8-16(17)23/h2-9H,10-13H2,1H3,(H,24,28). The van der Waals surface area contributed by atoms with Crippen molar-refractivity contribution < 1.29 is 17.6 Å². The van der Waals surface area contributed by atoms with Gasteiger partial charge < -0.3 is 5.32 Å². The summed E-state index contributed by atoms with van der Waals surface area (Å²) in [6.45, 7) is 1.72. The first-order valence-corrected chi connectivity index (χ1v) is 13.0. The molecule has 7 nitrogen and oxygen atoms in total. The zero-order valence-electron chi connectivity index (χ0n) is 17.1. The van der Waals surface area contributed by atoms with Crippen LogP contribution in [0, 0.1) is 5.82 Å². The zero-order chi connectivity index (χ0) is 22.9. The molecule has 0 aliphatic carbocycles. The lowest BCUT2D eigenvalue weighted by Crippen LogP contribution is -2.47. The number of amides is 1. The van der Waals surface area contributed by atoms with Crippen LogP contribution in [0.2, 0.25) is 5.02 Å². The molecule has 11 heteroatoms. The summed E-state index contributed by atoms with van der Waals surface area (Å²) in [7, 11) is -3.15. The normalized spacial score (nSPS) is 19.7. The Morgan fingerprint density at radius 2 is 1.94 bits per heavy atom. The lowest BCUT2D eigenvalue weighted by molar-refractivity contribution is -0.120. The number of carbonyl (C=O) groups excluding carboxylic acids is 1. The van der Waals surface area contributed by atoms with E-state index in [9.17, 15) is 17.6 Å². The number of para-hydroxylation sites is 1. The quantitative estimate of drug-likeness (QED) is 0.527. The fourth-order valence-corrected chi connectivity index (χ4v) is 6.70. The number of nitrogens with zero attached hydrogens (tertiary/aromatic N) is 3. The number of halogens is 2. The van der Waals surface area contributed by atoms with Gasteiger partial charge in [-0.1, -0.05) is 47.6 Å². The predicted octanol–water partition coefficient (Wildman–Crippen LogP) is 3.51. The average molecular weight is 495 g/mol. The summed E-state index contributed by atoms with van der Waals surface area (Å²) in [6.07, 6.45) is 0.369. The van der Waals surface area contributed by atoms with Crippen LogP contribution in [0.1, 0.15) is 13.3 Å². The number of sulfone groups is 1. The molecular formula is C21H20ClFN4O3S2. The molecule has 0 saturated carbocycles. The van der Waals surface area contributed by atoms with E-state index in [0.717, 1.165) is 11.8 Å². The summed E-state index contributed by atoms with van der Waals surface area (Å²) in [5.74, 6) is -0.534. The highest BCUT2D eigenvalue weighted by atomic mass is 35.5. The van der Waals surface area contributed by atoms with Crippen LogP contribution < -0.4 is 5.32 Å². The third kappa shape index (κ3) is 4.82. The van der Waals surface area contributed by atoms with Gasteiger partial charge in [0.05, 0.1) is 33.5 Å². The highest BCUT2D eigenvalue weighted by Crippen LogP contribution is 2.32. The minimum Gasteiger partial charge on any atom is -0.349 e. The number of nitrogens with one attached hydrogen (secondary N) is 1. The van der Waals surface area contributed by atoms with Crippen molar-refractivity contribution in [1.82, 2.24) is 20.1 Å². The van der Waals surface area contributed by atoms with Gasteiger partial charge in [-0.3, -0.25) is 9.36 Å². The van der Waals surface area contributed by atoms with Gasteiger partial charge in [-0.15, -0.1) is 10.2 Å². The van der Waals surface area contributed by atoms with Crippen molar-refractivity contribution in [2.24, 2.45) is 0 Å². The van der Waals surface area contributed by atoms with Crippen molar-refractivity contribution in [2.75, 3.05) is 17.3 Å². The minimum absolute atomic E-state index is 0.0370. The molecule has 2 aromatic carbocycles. The molecule has 1 fully saturated rings. The predicted molar refractivity (Wildman–Crippen MR) is 122 cm³/mol. The number of hydrogen-bond acceptors (Lipinski definition) is 6. The Hall–Kier alpha value is -2.43. The van der Waals surface area contributed by atoms with Gasteiger partial charge in [0, 0.05) is 5.56 Å². The van der Waals surface area contributed by atoms with Crippen molar-refractivity contribution >= 4 is 39.1 Å². The van der Waals surface area contributed by atoms with E-state index in [-0.39, 0.29) is 28.9 Å². The van der Waals surface area contributed by atoms with E-state index in [1.54, 1.807) is 49.4 Å². The Labute approximate surface area is 194 Å². The third-order valence-corrected chi connectivity index (χ3v) is 8.28. The Bertz CT molecular complexity index is 1280. The second kappa shape index (κ2) is 8.84. The van der Waals surface area contributed by atoms with Crippen LogP contribution in [0.4, 0.5) is 4.39 Å². The van der Waals surface area contributed by atoms with Gasteiger partial charge in [-0.25, -0.2) is 12.8 Å². The van der Waals surface area contributed by atoms with Gasteiger partial charge in [-0.05, 0) is 37.6 Å². The minimum atomic E-state index is -3.15. The first kappa shape index (κ1) is 22.8. The molecule has 1 amide bonds. The monoisotopic (exact) mass is 494 g/mol. The van der Waals surface area contributed by atoms with E-state index in [1.807, 2.05) is 0 Å². The largest absolute Gasteiger partial charge is 0.349 e. The number of aromatic nitrogens is 3. The van der Waals surface area contributed by atoms with Crippen molar-refractivity contribution in [3.63, 3.8) is 0 Å². The smallest absolute Gasteiger partial charge is 0.230 e. The zero-order valence-corrected chi connectivity index (χ0v) is 19.5. The lowest BCUT2D eigenvalue weighted by atomic mass is 10.0. The molecule has 1 atom stereocenters. The van der Waals surface area contributed by atoms with E-state index >= 15 is 0 Å². The van der Waals surface area contributed by atoms with Crippen molar-refractivity contribution in [2.45, 2.75) is 24.0 Å². The molecule has 2 heterocycles. The Kier molecular flexibility index (Phi) is 6.28. The molecule has 32 heavy (non-hydrogen) atoms. The molecule has 1 aliphatic heterocycles. The molecular weight excluding hydrogens is 475 g/mol. The van der Waals surface area contributed by atoms with E-state index in [1.165, 1.54) is 10.6 Å². The summed E-state index contributed by atoms with van der Waals surface area (Å²) < 4.78 is 39.8. The molecule has 1 unspecified atom stereocenters. The molecule has 0 radical (unpaired) electrons.